The van der Waals surface area contributed by atoms with Gasteiger partial charge < -0.3 is 44.8 Å². The van der Waals surface area contributed by atoms with Crippen molar-refractivity contribution < 1.29 is 54.4 Å². The Hall–Kier alpha value is -1.18. The summed E-state index contributed by atoms with van der Waals surface area (Å²) in [6, 6.07) is 0. The highest BCUT2D eigenvalue weighted by Gasteiger charge is 2.46. The summed E-state index contributed by atoms with van der Waals surface area (Å²) in [7, 11) is 0. The van der Waals surface area contributed by atoms with E-state index in [9.17, 15) is 9.59 Å². The Bertz CT molecular complexity index is 364. The van der Waals surface area contributed by atoms with Gasteiger partial charge in [0.05, 0.1) is 26.4 Å². The second-order valence-corrected chi connectivity index (χ2v) is 4.87. The number of fused-ring (bicyclic) bond motifs is 1. The van der Waals surface area contributed by atoms with Crippen molar-refractivity contribution in [2.24, 2.45) is 0 Å². The highest BCUT2D eigenvalue weighted by molar-refractivity contribution is 5.89. The minimum atomic E-state index is -1.82. The van der Waals surface area contributed by atoms with Crippen LogP contribution in [0.25, 0.3) is 0 Å². The third-order valence-electron chi connectivity index (χ3n) is 3.09. The first-order valence-electron chi connectivity index (χ1n) is 6.74. The second-order valence-electron chi connectivity index (χ2n) is 4.87. The molecule has 0 aromatic rings. The highest BCUT2D eigenvalue weighted by atomic mass is 16.6. The van der Waals surface area contributed by atoms with Crippen LogP contribution >= 0.6 is 0 Å². The number of aliphatic hydroxyl groups excluding tert-OH is 6. The van der Waals surface area contributed by atoms with Gasteiger partial charge in [0, 0.05) is 0 Å². The zero-order chi connectivity index (χ0) is 17.6. The van der Waals surface area contributed by atoms with Crippen LogP contribution in [-0.4, -0.2) is 106 Å². The molecule has 23 heavy (non-hydrogen) atoms. The van der Waals surface area contributed by atoms with Crippen LogP contribution in [0.1, 0.15) is 0 Å². The molecule has 0 saturated carbocycles. The molecule has 6 atom stereocenters. The molecular formula is C12H20O11. The molecule has 2 aliphatic rings. The molecule has 0 aliphatic carbocycles. The monoisotopic (exact) mass is 340 g/mol. The average molecular weight is 340 g/mol. The molecule has 2 aliphatic heterocycles. The Balaban J connectivity index is 0.000000235. The summed E-state index contributed by atoms with van der Waals surface area (Å²) in [6.45, 7) is -1.21. The molecule has 0 aromatic carbocycles. The Kier molecular flexibility index (Phi) is 7.94. The summed E-state index contributed by atoms with van der Waals surface area (Å²) >= 11 is 0. The van der Waals surface area contributed by atoms with E-state index in [1.54, 1.807) is 0 Å². The molecule has 2 rings (SSSR count). The number of hydrogen-bond donors (Lipinski definition) is 6. The van der Waals surface area contributed by atoms with Gasteiger partial charge in [0.1, 0.15) is 24.4 Å². The van der Waals surface area contributed by atoms with E-state index in [1.807, 2.05) is 0 Å². The summed E-state index contributed by atoms with van der Waals surface area (Å²) < 4.78 is 14.0. The van der Waals surface area contributed by atoms with Gasteiger partial charge >= 0.3 is 11.9 Å². The molecule has 2 heterocycles. The lowest BCUT2D eigenvalue weighted by atomic mass is 10.1. The van der Waals surface area contributed by atoms with Gasteiger partial charge in [-0.05, 0) is 0 Å². The van der Waals surface area contributed by atoms with E-state index in [2.05, 4.69) is 4.74 Å². The van der Waals surface area contributed by atoms with E-state index in [0.717, 1.165) is 0 Å². The van der Waals surface area contributed by atoms with Crippen molar-refractivity contribution in [3.8, 4) is 0 Å². The molecule has 11 nitrogen and oxygen atoms in total. The van der Waals surface area contributed by atoms with Crippen molar-refractivity contribution in [3.05, 3.63) is 0 Å². The van der Waals surface area contributed by atoms with Gasteiger partial charge in [-0.25, -0.2) is 9.59 Å². The van der Waals surface area contributed by atoms with E-state index in [1.165, 1.54) is 0 Å². The summed E-state index contributed by atoms with van der Waals surface area (Å²) in [4.78, 5) is 21.1. The number of carbonyl (C=O) groups excluding carboxylic acids is 2. The molecule has 2 saturated heterocycles. The molecule has 2 unspecified atom stereocenters. The molecule has 6 N–H and O–H groups in total. The number of ether oxygens (including phenoxy) is 3. The Morgan fingerprint density at radius 1 is 0.913 bits per heavy atom. The third-order valence-corrected chi connectivity index (χ3v) is 3.09. The third kappa shape index (κ3) is 5.44. The van der Waals surface area contributed by atoms with Crippen molar-refractivity contribution in [2.45, 2.75) is 36.6 Å². The first-order chi connectivity index (χ1) is 10.8. The van der Waals surface area contributed by atoms with E-state index < -0.39 is 49.6 Å². The lowest BCUT2D eigenvalue weighted by Crippen LogP contribution is -2.34. The molecule has 2 fully saturated rings. The minimum absolute atomic E-state index is 0.284. The molecule has 0 spiro atoms. The maximum atomic E-state index is 10.6. The fourth-order valence-corrected chi connectivity index (χ4v) is 1.84. The van der Waals surface area contributed by atoms with E-state index in [0.29, 0.717) is 0 Å². The number of aliphatic hydroxyl groups is 6. The van der Waals surface area contributed by atoms with Gasteiger partial charge in [-0.2, -0.15) is 0 Å². The van der Waals surface area contributed by atoms with Crippen LogP contribution in [0.3, 0.4) is 0 Å². The normalized spacial score (nSPS) is 31.6. The van der Waals surface area contributed by atoms with Crippen LogP contribution in [-0.2, 0) is 23.8 Å². The standard InChI is InChI=1S/C6H10O7.C6H10O4/c7-1-3(9)5(11)13-6(12)4(10)2-8;7-3-1-9-6-4(8)2-10-5(3)6/h3-4,7-10H,1-2H2;3-8H,1-2H2/t;3-,4+,5-,6-/m.1/s1. The smallest absolute Gasteiger partial charge is 0.345 e. The van der Waals surface area contributed by atoms with E-state index in [-0.39, 0.29) is 25.4 Å². The van der Waals surface area contributed by atoms with Gasteiger partial charge in [0.2, 0.25) is 0 Å². The van der Waals surface area contributed by atoms with Gasteiger partial charge in [-0.1, -0.05) is 0 Å². The van der Waals surface area contributed by atoms with Gasteiger partial charge in [0.25, 0.3) is 0 Å². The van der Waals surface area contributed by atoms with Gasteiger partial charge in [0.15, 0.2) is 12.2 Å². The van der Waals surface area contributed by atoms with Crippen LogP contribution in [0.5, 0.6) is 0 Å². The lowest BCUT2D eigenvalue weighted by Gasteiger charge is -2.09. The average Bonchev–Trinajstić information content (AvgIpc) is 3.09. The fraction of sp³-hybridized carbons (Fsp3) is 0.833. The Morgan fingerprint density at radius 3 is 1.57 bits per heavy atom. The van der Waals surface area contributed by atoms with Gasteiger partial charge in [-0.15, -0.1) is 0 Å². The summed E-state index contributed by atoms with van der Waals surface area (Å²) in [5, 5.41) is 52.0. The quantitative estimate of drug-likeness (QED) is 0.213. The molecule has 0 radical (unpaired) electrons. The van der Waals surface area contributed by atoms with Crippen LogP contribution in [0, 0.1) is 0 Å². The van der Waals surface area contributed by atoms with Crippen LogP contribution in [0.2, 0.25) is 0 Å². The van der Waals surface area contributed by atoms with Crippen LogP contribution in [0.4, 0.5) is 0 Å². The zero-order valence-electron chi connectivity index (χ0n) is 12.0. The number of hydrogen-bond acceptors (Lipinski definition) is 11. The number of carbonyl (C=O) groups is 2. The van der Waals surface area contributed by atoms with E-state index >= 15 is 0 Å². The molecule has 11 heteroatoms. The summed E-state index contributed by atoms with van der Waals surface area (Å²) in [5.41, 5.74) is 0. The zero-order valence-corrected chi connectivity index (χ0v) is 12.0. The van der Waals surface area contributed by atoms with Crippen molar-refractivity contribution in [1.29, 1.82) is 0 Å². The van der Waals surface area contributed by atoms with Crippen molar-refractivity contribution in [1.82, 2.24) is 0 Å². The lowest BCUT2D eigenvalue weighted by molar-refractivity contribution is -0.173. The molecule has 0 amide bonds. The SMILES string of the molecule is O=C(OC(=O)C(O)CO)C(O)CO.O[C@@H]1CO[C@H]2[C@@H]1OC[C@@H]2O. The second kappa shape index (κ2) is 9.20. The van der Waals surface area contributed by atoms with Crippen molar-refractivity contribution in [2.75, 3.05) is 26.4 Å². The first kappa shape index (κ1) is 19.9. The molecule has 0 bridgehead atoms. The van der Waals surface area contributed by atoms with Crippen LogP contribution in [0.15, 0.2) is 0 Å². The van der Waals surface area contributed by atoms with Crippen LogP contribution < -0.4 is 0 Å². The largest absolute Gasteiger partial charge is 0.393 e. The predicted molar refractivity (Wildman–Crippen MR) is 68.8 cm³/mol. The fourth-order valence-electron chi connectivity index (χ4n) is 1.84. The van der Waals surface area contributed by atoms with Gasteiger partial charge in [-0.3, -0.25) is 0 Å². The summed E-state index contributed by atoms with van der Waals surface area (Å²) in [5.74, 6) is -2.75. The Labute approximate surface area is 130 Å². The van der Waals surface area contributed by atoms with E-state index in [4.69, 9.17) is 40.1 Å². The summed E-state index contributed by atoms with van der Waals surface area (Å²) in [6.07, 6.45) is -5.35. The van der Waals surface area contributed by atoms with Crippen molar-refractivity contribution >= 4 is 11.9 Å². The highest BCUT2D eigenvalue weighted by Crippen LogP contribution is 2.26. The molecule has 134 valence electrons. The molecule has 0 aromatic heterocycles. The maximum absolute atomic E-state index is 10.6. The number of esters is 2. The minimum Gasteiger partial charge on any atom is -0.393 e. The first-order valence-corrected chi connectivity index (χ1v) is 6.74. The topological polar surface area (TPSA) is 183 Å². The maximum Gasteiger partial charge on any atom is 0.345 e. The number of rotatable bonds is 4. The Morgan fingerprint density at radius 2 is 1.26 bits per heavy atom. The van der Waals surface area contributed by atoms with Crippen molar-refractivity contribution in [3.63, 3.8) is 0 Å². The predicted octanol–water partition coefficient (Wildman–Crippen LogP) is -4.73. The molecular weight excluding hydrogens is 320 g/mol.